The summed E-state index contributed by atoms with van der Waals surface area (Å²) in [7, 11) is 0. The Morgan fingerprint density at radius 1 is 1.30 bits per heavy atom. The molecule has 3 fully saturated rings. The van der Waals surface area contributed by atoms with Gasteiger partial charge in [-0.1, -0.05) is 0 Å². The second-order valence-electron chi connectivity index (χ2n) is 5.74. The van der Waals surface area contributed by atoms with Gasteiger partial charge in [0.05, 0.1) is 12.2 Å². The fourth-order valence-electron chi connectivity index (χ4n) is 3.25. The van der Waals surface area contributed by atoms with E-state index in [-0.39, 0.29) is 24.2 Å². The van der Waals surface area contributed by atoms with Gasteiger partial charge in [-0.15, -0.1) is 11.3 Å². The zero-order valence-electron chi connectivity index (χ0n) is 11.3. The van der Waals surface area contributed by atoms with Crippen molar-refractivity contribution >= 4 is 17.2 Å². The Morgan fingerprint density at radius 3 is 2.80 bits per heavy atom. The number of hydrogen-bond donors (Lipinski definition) is 0. The summed E-state index contributed by atoms with van der Waals surface area (Å²) < 4.78 is 11.4. The maximum Gasteiger partial charge on any atom is 0.273 e. The van der Waals surface area contributed by atoms with Gasteiger partial charge in [-0.25, -0.2) is 4.98 Å². The summed E-state index contributed by atoms with van der Waals surface area (Å²) in [6.07, 6.45) is 4.81. The third-order valence-electron chi connectivity index (χ3n) is 4.28. The molecule has 3 saturated heterocycles. The SMILES string of the molecule is O=C(c1csc(C2CCCO2)n1)N1CC2CCC(C1)O2. The van der Waals surface area contributed by atoms with Crippen molar-refractivity contribution in [2.24, 2.45) is 0 Å². The van der Waals surface area contributed by atoms with Crippen LogP contribution < -0.4 is 0 Å². The van der Waals surface area contributed by atoms with Crippen molar-refractivity contribution in [2.75, 3.05) is 19.7 Å². The lowest BCUT2D eigenvalue weighted by atomic mass is 10.2. The lowest BCUT2D eigenvalue weighted by Crippen LogP contribution is -2.45. The van der Waals surface area contributed by atoms with Crippen LogP contribution in [0.4, 0.5) is 0 Å². The third kappa shape index (κ3) is 2.25. The van der Waals surface area contributed by atoms with Gasteiger partial charge in [0.1, 0.15) is 16.8 Å². The minimum atomic E-state index is 0.0469. The lowest BCUT2D eigenvalue weighted by Gasteiger charge is -2.31. The maximum atomic E-state index is 12.5. The van der Waals surface area contributed by atoms with E-state index in [1.165, 1.54) is 0 Å². The number of rotatable bonds is 2. The molecule has 0 radical (unpaired) electrons. The summed E-state index contributed by atoms with van der Waals surface area (Å²) in [6, 6.07) is 0. The Morgan fingerprint density at radius 2 is 2.10 bits per heavy atom. The van der Waals surface area contributed by atoms with E-state index >= 15 is 0 Å². The smallest absolute Gasteiger partial charge is 0.273 e. The highest BCUT2D eigenvalue weighted by Gasteiger charge is 2.36. The van der Waals surface area contributed by atoms with Crippen molar-refractivity contribution < 1.29 is 14.3 Å². The number of aromatic nitrogens is 1. The van der Waals surface area contributed by atoms with E-state index in [0.29, 0.717) is 18.8 Å². The van der Waals surface area contributed by atoms with Crippen molar-refractivity contribution in [3.8, 4) is 0 Å². The molecule has 4 rings (SSSR count). The zero-order valence-corrected chi connectivity index (χ0v) is 12.1. The highest BCUT2D eigenvalue weighted by atomic mass is 32.1. The molecular formula is C14H18N2O3S. The number of nitrogens with zero attached hydrogens (tertiary/aromatic N) is 2. The number of ether oxygens (including phenoxy) is 2. The molecule has 3 aliphatic rings. The van der Waals surface area contributed by atoms with Crippen LogP contribution >= 0.6 is 11.3 Å². The molecule has 0 N–H and O–H groups in total. The van der Waals surface area contributed by atoms with Crippen LogP contribution in [0.5, 0.6) is 0 Å². The summed E-state index contributed by atoms with van der Waals surface area (Å²) in [5, 5.41) is 2.82. The number of likely N-dealkylation sites (tertiary alicyclic amines) is 1. The van der Waals surface area contributed by atoms with Crippen LogP contribution in [0, 0.1) is 0 Å². The average Bonchev–Trinajstić information content (AvgIpc) is 3.17. The fourth-order valence-corrected chi connectivity index (χ4v) is 4.12. The Hall–Kier alpha value is -0.980. The second kappa shape index (κ2) is 5.09. The Kier molecular flexibility index (Phi) is 3.24. The maximum absolute atomic E-state index is 12.5. The summed E-state index contributed by atoms with van der Waals surface area (Å²) in [5.41, 5.74) is 0.571. The van der Waals surface area contributed by atoms with E-state index in [4.69, 9.17) is 9.47 Å². The van der Waals surface area contributed by atoms with Gasteiger partial charge in [-0.3, -0.25) is 4.79 Å². The molecule has 0 aromatic carbocycles. The van der Waals surface area contributed by atoms with E-state index in [0.717, 1.165) is 37.3 Å². The normalized spacial score (nSPS) is 32.8. The molecule has 0 spiro atoms. The van der Waals surface area contributed by atoms with Crippen molar-refractivity contribution in [3.63, 3.8) is 0 Å². The van der Waals surface area contributed by atoms with E-state index < -0.39 is 0 Å². The van der Waals surface area contributed by atoms with Crippen LogP contribution in [0.2, 0.25) is 0 Å². The van der Waals surface area contributed by atoms with Crippen LogP contribution in [-0.2, 0) is 9.47 Å². The van der Waals surface area contributed by atoms with E-state index in [2.05, 4.69) is 4.98 Å². The van der Waals surface area contributed by atoms with Gasteiger partial charge in [0, 0.05) is 25.1 Å². The van der Waals surface area contributed by atoms with Crippen molar-refractivity contribution in [3.05, 3.63) is 16.1 Å². The number of carbonyl (C=O) groups is 1. The van der Waals surface area contributed by atoms with Gasteiger partial charge in [-0.05, 0) is 25.7 Å². The highest BCUT2D eigenvalue weighted by Crippen LogP contribution is 2.31. The van der Waals surface area contributed by atoms with Gasteiger partial charge in [0.25, 0.3) is 5.91 Å². The molecule has 1 amide bonds. The van der Waals surface area contributed by atoms with Crippen LogP contribution in [0.15, 0.2) is 5.38 Å². The molecular weight excluding hydrogens is 276 g/mol. The Labute approximate surface area is 121 Å². The van der Waals surface area contributed by atoms with Crippen LogP contribution in [0.3, 0.4) is 0 Å². The third-order valence-corrected chi connectivity index (χ3v) is 5.21. The highest BCUT2D eigenvalue weighted by molar-refractivity contribution is 7.09. The summed E-state index contributed by atoms with van der Waals surface area (Å²) in [4.78, 5) is 18.9. The van der Waals surface area contributed by atoms with Crippen molar-refractivity contribution in [1.82, 2.24) is 9.88 Å². The van der Waals surface area contributed by atoms with Gasteiger partial charge in [-0.2, -0.15) is 0 Å². The first kappa shape index (κ1) is 12.7. The van der Waals surface area contributed by atoms with Crippen molar-refractivity contribution in [1.29, 1.82) is 0 Å². The van der Waals surface area contributed by atoms with Gasteiger partial charge >= 0.3 is 0 Å². The molecule has 1 aromatic heterocycles. The average molecular weight is 294 g/mol. The molecule has 5 nitrogen and oxygen atoms in total. The predicted molar refractivity (Wildman–Crippen MR) is 73.8 cm³/mol. The molecule has 4 heterocycles. The number of hydrogen-bond acceptors (Lipinski definition) is 5. The molecule has 20 heavy (non-hydrogen) atoms. The summed E-state index contributed by atoms with van der Waals surface area (Å²) in [6.45, 7) is 2.23. The van der Waals surface area contributed by atoms with Crippen LogP contribution in [0.1, 0.15) is 47.3 Å². The largest absolute Gasteiger partial charge is 0.371 e. The molecule has 3 aliphatic heterocycles. The summed E-state index contributed by atoms with van der Waals surface area (Å²) in [5.74, 6) is 0.0469. The van der Waals surface area contributed by atoms with Gasteiger partial charge in [0.15, 0.2) is 0 Å². The molecule has 1 aromatic rings. The first-order valence-corrected chi connectivity index (χ1v) is 8.19. The number of amides is 1. The van der Waals surface area contributed by atoms with E-state index in [9.17, 15) is 4.79 Å². The number of thiazole rings is 1. The second-order valence-corrected chi connectivity index (χ2v) is 6.63. The fraction of sp³-hybridized carbons (Fsp3) is 0.714. The number of morpholine rings is 1. The quantitative estimate of drug-likeness (QED) is 0.837. The minimum Gasteiger partial charge on any atom is -0.371 e. The van der Waals surface area contributed by atoms with Gasteiger partial charge < -0.3 is 14.4 Å². The van der Waals surface area contributed by atoms with Gasteiger partial charge in [0.2, 0.25) is 0 Å². The number of carbonyl (C=O) groups excluding carboxylic acids is 1. The standard InChI is InChI=1S/C14H18N2O3S/c17-14(16-6-9-3-4-10(7-16)19-9)11-8-20-13(15-11)12-2-1-5-18-12/h8-10,12H,1-7H2. The monoisotopic (exact) mass is 294 g/mol. The topological polar surface area (TPSA) is 51.7 Å². The minimum absolute atomic E-state index is 0.0469. The first-order valence-electron chi connectivity index (χ1n) is 7.31. The zero-order chi connectivity index (χ0) is 13.5. The first-order chi connectivity index (χ1) is 9.79. The Balaban J connectivity index is 1.48. The van der Waals surface area contributed by atoms with E-state index in [1.807, 2.05) is 10.3 Å². The molecule has 0 saturated carbocycles. The molecule has 3 unspecified atom stereocenters. The van der Waals surface area contributed by atoms with Crippen LogP contribution in [0.25, 0.3) is 0 Å². The van der Waals surface area contributed by atoms with Crippen molar-refractivity contribution in [2.45, 2.75) is 44.0 Å². The molecule has 0 aliphatic carbocycles. The predicted octanol–water partition coefficient (Wildman–Crippen LogP) is 2.00. The number of fused-ring (bicyclic) bond motifs is 2. The lowest BCUT2D eigenvalue weighted by molar-refractivity contribution is -0.0305. The summed E-state index contributed by atoms with van der Waals surface area (Å²) >= 11 is 1.54. The Bertz CT molecular complexity index is 500. The molecule has 2 bridgehead atoms. The molecule has 108 valence electrons. The molecule has 3 atom stereocenters. The molecule has 6 heteroatoms. The van der Waals surface area contributed by atoms with E-state index in [1.54, 1.807) is 11.3 Å². The van der Waals surface area contributed by atoms with Crippen LogP contribution in [-0.4, -0.2) is 47.7 Å².